The van der Waals surface area contributed by atoms with E-state index in [1.54, 1.807) is 67.8 Å². The summed E-state index contributed by atoms with van der Waals surface area (Å²) in [4.78, 5) is 280. The van der Waals surface area contributed by atoms with Gasteiger partial charge in [0.1, 0.15) is 78.3 Å². The molecule has 3 aliphatic heterocycles. The number of carboxylic acid groups (broad SMARTS) is 2. The fourth-order valence-corrected chi connectivity index (χ4v) is 17.7. The van der Waals surface area contributed by atoms with Gasteiger partial charge < -0.3 is 124 Å². The monoisotopic (exact) mass is 1900 g/mol. The minimum atomic E-state index is -1.88. The SMILES string of the molecule is CCCC[C@H]1C(=O)N(C)[C@@H](CCCC)C(=O)N[C@@H](CCC(=O)O)C(=O)N[C@H](C(=O)NCC(N)=O)CSCC(=O)N[C@@H](Cc2ccc(O)cc2)C(=O)N(C)[C@@H](C)C(=O)N[C@@H](CCC(=O)O)C(=O)N2CCC[C@H]2C(=O)N[C@@H](Cc2c[nH]cn2)C(=O)N[C@@H](CCCN)C(=O)N2C[C@H](O)C[C@H]2C(=O)C[C@@H](Cc2c[nH]c3ccccc23)C(=O)N[C@@H](CO)C(=O)N[C@@H](Cc2c[nH]c3ccccc23)C(=O)N1C. The Balaban J connectivity index is 1.10. The number of para-hydroxylation sites is 2. The number of benzene rings is 3. The van der Waals surface area contributed by atoms with Gasteiger partial charge in [-0.15, -0.1) is 11.8 Å². The number of phenolic OH excluding ortho intramolecular Hbond substituents is 1. The predicted molar refractivity (Wildman–Crippen MR) is 491 cm³/mol. The lowest BCUT2D eigenvalue weighted by Crippen LogP contribution is -2.61. The van der Waals surface area contributed by atoms with Gasteiger partial charge in [-0.2, -0.15) is 0 Å². The molecule has 135 heavy (non-hydrogen) atoms. The van der Waals surface area contributed by atoms with Gasteiger partial charge in [0.05, 0.1) is 43.1 Å². The molecule has 3 aromatic heterocycles. The molecule has 21 N–H and O–H groups in total. The molecular weight excluding hydrogens is 1770 g/mol. The number of aromatic hydroxyl groups is 1. The van der Waals surface area contributed by atoms with E-state index in [9.17, 15) is 73.5 Å². The highest BCUT2D eigenvalue weighted by Gasteiger charge is 2.47. The molecule has 732 valence electrons. The summed E-state index contributed by atoms with van der Waals surface area (Å²) in [6.45, 7) is 2.39. The van der Waals surface area contributed by atoms with E-state index in [2.05, 4.69) is 67.8 Å². The fourth-order valence-electron chi connectivity index (χ4n) is 16.8. The van der Waals surface area contributed by atoms with Gasteiger partial charge in [0.25, 0.3) is 0 Å². The molecule has 0 radical (unpaired) electrons. The third-order valence-corrected chi connectivity index (χ3v) is 25.5. The van der Waals surface area contributed by atoms with E-state index in [1.165, 1.54) is 64.9 Å². The van der Waals surface area contributed by atoms with Crippen LogP contribution >= 0.6 is 11.8 Å². The van der Waals surface area contributed by atoms with Crippen LogP contribution in [0.5, 0.6) is 5.75 Å². The molecular formula is C91H124N20O23S. The molecule has 6 heterocycles. The zero-order chi connectivity index (χ0) is 98.4. The second-order valence-electron chi connectivity index (χ2n) is 34.3. The number of aromatic nitrogens is 4. The number of aromatic amines is 3. The zero-order valence-electron chi connectivity index (χ0n) is 76.3. The molecule has 0 bridgehead atoms. The number of ketones is 1. The molecule has 3 fully saturated rings. The number of primary amides is 1. The minimum absolute atomic E-state index is 0.0226. The van der Waals surface area contributed by atoms with Crippen LogP contribution in [0.4, 0.5) is 0 Å². The van der Waals surface area contributed by atoms with Crippen LogP contribution in [0, 0.1) is 5.92 Å². The Labute approximate surface area is 782 Å². The number of aliphatic hydroxyl groups is 2. The number of amides is 15. The number of carboxylic acids is 2. The van der Waals surface area contributed by atoms with Gasteiger partial charge in [-0.3, -0.25) is 86.3 Å². The highest BCUT2D eigenvalue weighted by Crippen LogP contribution is 2.30. The molecule has 15 amide bonds. The first kappa shape index (κ1) is 105. The fraction of sp³-hybridized carbons (Fsp3) is 0.527. The van der Waals surface area contributed by atoms with Gasteiger partial charge in [-0.25, -0.2) is 4.98 Å². The van der Waals surface area contributed by atoms with Crippen LogP contribution in [0.25, 0.3) is 21.8 Å². The summed E-state index contributed by atoms with van der Waals surface area (Å²) in [6.07, 6.45) is 1.17. The maximum Gasteiger partial charge on any atom is 0.303 e. The molecule has 6 aromatic rings. The number of fused-ring (bicyclic) bond motifs is 4. The number of hydrogen-bond acceptors (Lipinski definition) is 24. The first-order valence-electron chi connectivity index (χ1n) is 45.2. The van der Waals surface area contributed by atoms with Crippen LogP contribution in [0.3, 0.4) is 0 Å². The number of hydrogen-bond donors (Lipinski definition) is 19. The summed E-state index contributed by atoms with van der Waals surface area (Å²) in [6, 6.07) is -1.11. The van der Waals surface area contributed by atoms with E-state index in [1.807, 2.05) is 6.92 Å². The number of nitrogens with two attached hydrogens (primary N) is 2. The van der Waals surface area contributed by atoms with Crippen molar-refractivity contribution in [3.63, 3.8) is 0 Å². The van der Waals surface area contributed by atoms with Gasteiger partial charge in [-0.1, -0.05) is 88.1 Å². The van der Waals surface area contributed by atoms with Gasteiger partial charge in [0.2, 0.25) is 88.6 Å². The Morgan fingerprint density at radius 2 is 1.10 bits per heavy atom. The number of Topliss-reactive ketones (excluding diaryl/α,β-unsaturated/α-hetero) is 1. The number of H-pyrrole nitrogens is 3. The van der Waals surface area contributed by atoms with Crippen molar-refractivity contribution in [1.82, 2.24) is 92.3 Å². The number of nitrogens with one attached hydrogen (secondary N) is 12. The third-order valence-electron chi connectivity index (χ3n) is 24.5. The highest BCUT2D eigenvalue weighted by atomic mass is 32.2. The third kappa shape index (κ3) is 29.3. The Hall–Kier alpha value is -13.4. The molecule has 3 aromatic carbocycles. The normalized spacial score (nSPS) is 24.8. The zero-order valence-corrected chi connectivity index (χ0v) is 77.1. The van der Waals surface area contributed by atoms with E-state index in [0.717, 1.165) is 24.5 Å². The minimum Gasteiger partial charge on any atom is -0.508 e. The number of phenols is 1. The second-order valence-corrected chi connectivity index (χ2v) is 35.3. The number of aliphatic hydroxyl groups excluding tert-OH is 2. The van der Waals surface area contributed by atoms with Crippen LogP contribution in [0.1, 0.15) is 146 Å². The van der Waals surface area contributed by atoms with Gasteiger partial charge >= 0.3 is 11.9 Å². The summed E-state index contributed by atoms with van der Waals surface area (Å²) in [5.41, 5.74) is 14.3. The molecule has 0 saturated carbocycles. The topological polar surface area (TPSA) is 645 Å². The van der Waals surface area contributed by atoms with E-state index >= 15 is 38.4 Å². The molecule has 15 atom stereocenters. The number of nitrogens with zero attached hydrogens (tertiary/aromatic N) is 6. The lowest BCUT2D eigenvalue weighted by atomic mass is 9.90. The standard InChI is InChI=1S/C91H124N20O23S/c1-7-9-22-70-85(128)100-62(29-31-77(118)119)82(125)106-69(81(124)97-44-75(93)116)47-135-48-76(117)99-66(35-51-25-27-56(113)28-26-51)87(130)107(4)50(3)79(122)101-64(30-32-78(120)121)89(132)110-34-16-24-71(110)86(129)103-65(39-55-43-94-49-98-55)83(126)102-63(21-15-33-92)90(133)111-45-57(114)40-73(111)74(115)38-52(36-53-41-95-60-19-13-11-17-58(53)60)80(123)105-68(46-112)84(127)104-67(37-54-42-96-61-20-14-12-18-59(54)61)88(131)109(6)72(23-10-8-2)91(134)108(70)5/h11-14,17-20,25-28,41-43,49-50,52,57,62-73,95-96,112-114H,7-10,15-16,21-24,29-40,44-48,92H2,1-6H3,(H2,93,116)(H,94,98)(H,97,124)(H,99,117)(H,100,128)(H,101,122)(H,102,126)(H,103,129)(H,104,127)(H,105,123)(H,106,125)(H,118,119)(H,120,121)/t50-,52+,57+,62-,63-,64-,65-,66-,67-,68-,69-,70-,71-,72-,73-/m0/s1. The van der Waals surface area contributed by atoms with Gasteiger partial charge in [-0.05, 0) is 112 Å². The highest BCUT2D eigenvalue weighted by molar-refractivity contribution is 8.00. The largest absolute Gasteiger partial charge is 0.508 e. The molecule has 44 heteroatoms. The maximum absolute atomic E-state index is 15.7. The number of carbonyl (C=O) groups excluding carboxylic acids is 16. The van der Waals surface area contributed by atoms with Crippen LogP contribution in [0.15, 0.2) is 97.7 Å². The number of aliphatic carboxylic acids is 2. The Morgan fingerprint density at radius 3 is 1.71 bits per heavy atom. The van der Waals surface area contributed by atoms with E-state index in [0.29, 0.717) is 69.5 Å². The van der Waals surface area contributed by atoms with Crippen LogP contribution in [-0.2, 0) is 112 Å². The van der Waals surface area contributed by atoms with Crippen molar-refractivity contribution in [3.8, 4) is 5.75 Å². The Kier molecular flexibility index (Phi) is 39.5. The smallest absolute Gasteiger partial charge is 0.303 e. The maximum atomic E-state index is 15.7. The van der Waals surface area contributed by atoms with Crippen molar-refractivity contribution in [2.45, 2.75) is 234 Å². The van der Waals surface area contributed by atoms with Gasteiger partial charge in [0, 0.05) is 131 Å². The van der Waals surface area contributed by atoms with E-state index in [4.69, 9.17) is 11.5 Å². The number of unbranched alkanes of at least 4 members (excludes halogenated alkanes) is 2. The number of thioether (sulfide) groups is 1. The van der Waals surface area contributed by atoms with Crippen molar-refractivity contribution < 1.29 is 112 Å². The molecule has 0 unspecified atom stereocenters. The first-order chi connectivity index (χ1) is 64.4. The number of imidazole rings is 1. The average molecular weight is 1900 g/mol. The van der Waals surface area contributed by atoms with Crippen LogP contribution < -0.4 is 59.3 Å². The van der Waals surface area contributed by atoms with E-state index < -0.39 is 260 Å². The number of carbonyl (C=O) groups is 18. The summed E-state index contributed by atoms with van der Waals surface area (Å²) < 4.78 is 0. The summed E-state index contributed by atoms with van der Waals surface area (Å²) in [7, 11) is 3.80. The molecule has 3 saturated heterocycles. The summed E-state index contributed by atoms with van der Waals surface area (Å²) in [5, 5.41) is 77.5. The van der Waals surface area contributed by atoms with Crippen molar-refractivity contribution in [2.24, 2.45) is 17.4 Å². The average Bonchev–Trinajstić information content (AvgIpc) is 1.73. The number of rotatable bonds is 27. The molecule has 0 spiro atoms. The van der Waals surface area contributed by atoms with Crippen molar-refractivity contribution in [2.75, 3.05) is 65.4 Å². The van der Waals surface area contributed by atoms with Crippen LogP contribution in [0.2, 0.25) is 0 Å². The van der Waals surface area contributed by atoms with E-state index in [-0.39, 0.29) is 102 Å². The Morgan fingerprint density at radius 1 is 0.548 bits per heavy atom. The number of likely N-dealkylation sites (N-methyl/N-ethyl adjacent to an activating group) is 3. The quantitative estimate of drug-likeness (QED) is 0.0277. The molecule has 43 nitrogen and oxygen atoms in total. The summed E-state index contributed by atoms with van der Waals surface area (Å²) in [5.74, 6) is -20.8. The predicted octanol–water partition coefficient (Wildman–Crippen LogP) is -1.55. The van der Waals surface area contributed by atoms with Gasteiger partial charge in [0.15, 0.2) is 5.78 Å². The lowest BCUT2D eigenvalue weighted by molar-refractivity contribution is -0.149. The van der Waals surface area contributed by atoms with Crippen molar-refractivity contribution >= 4 is 140 Å². The summed E-state index contributed by atoms with van der Waals surface area (Å²) >= 11 is 0.704. The molecule has 3 aliphatic rings. The lowest BCUT2D eigenvalue weighted by Gasteiger charge is -2.36. The van der Waals surface area contributed by atoms with Crippen molar-refractivity contribution in [3.05, 3.63) is 120 Å². The Bertz CT molecular complexity index is 5210. The van der Waals surface area contributed by atoms with Crippen LogP contribution in [-0.4, -0.2) is 326 Å². The van der Waals surface area contributed by atoms with Crippen molar-refractivity contribution in [1.29, 1.82) is 0 Å². The first-order valence-corrected chi connectivity index (χ1v) is 46.4. The second kappa shape index (κ2) is 50.7. The molecule has 0 aliphatic carbocycles. The molecule has 9 rings (SSSR count).